The molecule has 45 heavy (non-hydrogen) atoms. The highest BCUT2D eigenvalue weighted by Gasteiger charge is 2.82. The standard InChI is InChI=1S/C27H21F15N2O/c28-22(29,25(36,37)26(38,39)27(40,41)42)13-21(15-5-2-1-3-6-15)12-20(7-4-8-20)14-44(21)19(45)43-18-10-16(23(30,31)32)9-17(11-18)24(33,34)35/h1-3,5-6,9-11H,4,7-8,12-14H2,(H,43,45). The molecule has 0 radical (unpaired) electrons. The van der Waals surface area contributed by atoms with E-state index in [2.05, 4.69) is 0 Å². The molecule has 1 saturated heterocycles. The lowest BCUT2D eigenvalue weighted by Gasteiger charge is -2.44. The van der Waals surface area contributed by atoms with Crippen LogP contribution in [0.25, 0.3) is 0 Å². The molecule has 1 heterocycles. The molecular formula is C27H21F15N2O. The molecule has 2 amide bonds. The normalized spacial score (nSPS) is 21.2. The summed E-state index contributed by atoms with van der Waals surface area (Å²) in [6.07, 6.45) is -20.3. The SMILES string of the molecule is O=C(Nc1cc(C(F)(F)F)cc(C(F)(F)F)c1)N1CC2(CCC2)CC1(CC(F)(F)C(F)(F)C(F)(F)C(F)(F)F)c1ccccc1. The molecule has 1 spiro atoms. The number of nitrogens with one attached hydrogen (secondary N) is 1. The van der Waals surface area contributed by atoms with Gasteiger partial charge in [0.25, 0.3) is 0 Å². The van der Waals surface area contributed by atoms with Crippen molar-refractivity contribution in [3.8, 4) is 0 Å². The van der Waals surface area contributed by atoms with E-state index in [1.165, 1.54) is 6.07 Å². The Morgan fingerprint density at radius 2 is 1.24 bits per heavy atom. The van der Waals surface area contributed by atoms with Gasteiger partial charge < -0.3 is 10.2 Å². The zero-order chi connectivity index (χ0) is 34.1. The molecule has 3 nitrogen and oxygen atoms in total. The molecule has 1 aliphatic carbocycles. The van der Waals surface area contributed by atoms with Gasteiger partial charge in [-0.3, -0.25) is 0 Å². The van der Waals surface area contributed by atoms with E-state index >= 15 is 8.78 Å². The van der Waals surface area contributed by atoms with E-state index in [0.717, 1.165) is 24.3 Å². The van der Waals surface area contributed by atoms with Gasteiger partial charge in [0.05, 0.1) is 16.7 Å². The highest BCUT2D eigenvalue weighted by molar-refractivity contribution is 5.90. The van der Waals surface area contributed by atoms with E-state index in [-0.39, 0.29) is 31.0 Å². The smallest absolute Gasteiger partial charge is 0.314 e. The van der Waals surface area contributed by atoms with Crippen LogP contribution in [0.3, 0.4) is 0 Å². The number of urea groups is 1. The number of carbonyl (C=O) groups excluding carboxylic acids is 1. The maximum Gasteiger partial charge on any atom is 0.460 e. The first-order valence-corrected chi connectivity index (χ1v) is 12.9. The molecule has 1 aliphatic heterocycles. The molecule has 18 heteroatoms. The van der Waals surface area contributed by atoms with Crippen LogP contribution in [0, 0.1) is 5.41 Å². The third-order valence-corrected chi connectivity index (χ3v) is 8.21. The fourth-order valence-electron chi connectivity index (χ4n) is 5.91. The summed E-state index contributed by atoms with van der Waals surface area (Å²) in [6, 6.07) is 3.81. The molecule has 1 saturated carbocycles. The highest BCUT2D eigenvalue weighted by atomic mass is 19.4. The minimum absolute atomic E-state index is 0.0825. The summed E-state index contributed by atoms with van der Waals surface area (Å²) < 4.78 is 206. The zero-order valence-electron chi connectivity index (χ0n) is 22.4. The Bertz CT molecular complexity index is 1380. The topological polar surface area (TPSA) is 32.3 Å². The van der Waals surface area contributed by atoms with Gasteiger partial charge in [0, 0.05) is 18.7 Å². The van der Waals surface area contributed by atoms with Crippen molar-refractivity contribution < 1.29 is 70.7 Å². The quantitative estimate of drug-likeness (QED) is 0.304. The number of hydrogen-bond donors (Lipinski definition) is 1. The lowest BCUT2D eigenvalue weighted by atomic mass is 9.64. The maximum atomic E-state index is 15.3. The van der Waals surface area contributed by atoms with Crippen LogP contribution in [-0.2, 0) is 17.9 Å². The number of hydrogen-bond acceptors (Lipinski definition) is 1. The third kappa shape index (κ3) is 6.00. The van der Waals surface area contributed by atoms with Crippen LogP contribution in [0.4, 0.5) is 76.3 Å². The van der Waals surface area contributed by atoms with E-state index in [1.807, 2.05) is 0 Å². The van der Waals surface area contributed by atoms with Crippen molar-refractivity contribution >= 4 is 11.7 Å². The first kappa shape index (κ1) is 34.5. The molecule has 1 N–H and O–H groups in total. The van der Waals surface area contributed by atoms with E-state index in [4.69, 9.17) is 0 Å². The zero-order valence-corrected chi connectivity index (χ0v) is 22.4. The van der Waals surface area contributed by atoms with Crippen LogP contribution in [-0.4, -0.2) is 41.4 Å². The van der Waals surface area contributed by atoms with E-state index in [1.54, 1.807) is 5.32 Å². The summed E-state index contributed by atoms with van der Waals surface area (Å²) in [4.78, 5) is 13.9. The second-order valence-electron chi connectivity index (χ2n) is 11.3. The number of likely N-dealkylation sites (tertiary alicyclic amines) is 1. The summed E-state index contributed by atoms with van der Waals surface area (Å²) >= 11 is 0. The summed E-state index contributed by atoms with van der Waals surface area (Å²) in [7, 11) is 0. The predicted octanol–water partition coefficient (Wildman–Crippen LogP) is 9.89. The maximum absolute atomic E-state index is 15.3. The van der Waals surface area contributed by atoms with Crippen molar-refractivity contribution in [3.63, 3.8) is 0 Å². The summed E-state index contributed by atoms with van der Waals surface area (Å²) in [6.45, 7) is -0.615. The van der Waals surface area contributed by atoms with Crippen molar-refractivity contribution in [1.29, 1.82) is 0 Å². The van der Waals surface area contributed by atoms with E-state index in [9.17, 15) is 61.9 Å². The number of alkyl halides is 15. The predicted molar refractivity (Wildman–Crippen MR) is 127 cm³/mol. The molecule has 2 aromatic carbocycles. The molecular weight excluding hydrogens is 653 g/mol. The van der Waals surface area contributed by atoms with E-state index < -0.39 is 95.0 Å². The minimum atomic E-state index is -7.24. The number of rotatable bonds is 6. The number of amides is 2. The monoisotopic (exact) mass is 674 g/mol. The Balaban J connectivity index is 1.85. The number of halogens is 15. The highest BCUT2D eigenvalue weighted by Crippen LogP contribution is 2.63. The van der Waals surface area contributed by atoms with Gasteiger partial charge in [-0.2, -0.15) is 65.9 Å². The number of nitrogens with zero attached hydrogens (tertiary/aromatic N) is 1. The Labute approximate surface area is 244 Å². The van der Waals surface area contributed by atoms with Gasteiger partial charge in [0.1, 0.15) is 0 Å². The molecule has 0 aromatic heterocycles. The van der Waals surface area contributed by atoms with Crippen molar-refractivity contribution in [2.45, 2.75) is 73.9 Å². The second kappa shape index (κ2) is 10.6. The molecule has 1 unspecified atom stereocenters. The van der Waals surface area contributed by atoms with Crippen molar-refractivity contribution in [3.05, 3.63) is 65.2 Å². The lowest BCUT2D eigenvalue weighted by Crippen LogP contribution is -2.63. The summed E-state index contributed by atoms with van der Waals surface area (Å²) in [5.41, 5.74) is -9.24. The van der Waals surface area contributed by atoms with Crippen molar-refractivity contribution in [2.75, 3.05) is 11.9 Å². The molecule has 2 fully saturated rings. The van der Waals surface area contributed by atoms with Gasteiger partial charge in [-0.1, -0.05) is 36.8 Å². The third-order valence-electron chi connectivity index (χ3n) is 8.21. The first-order valence-electron chi connectivity index (χ1n) is 12.9. The van der Waals surface area contributed by atoms with Crippen LogP contribution in [0.2, 0.25) is 0 Å². The molecule has 2 aromatic rings. The van der Waals surface area contributed by atoms with Crippen LogP contribution in [0.15, 0.2) is 48.5 Å². The average molecular weight is 674 g/mol. The molecule has 1 atom stereocenters. The Morgan fingerprint density at radius 1 is 0.733 bits per heavy atom. The minimum Gasteiger partial charge on any atom is -0.314 e. The largest absolute Gasteiger partial charge is 0.460 e. The van der Waals surface area contributed by atoms with Crippen LogP contribution in [0.1, 0.15) is 48.8 Å². The van der Waals surface area contributed by atoms with Gasteiger partial charge in [-0.25, -0.2) is 4.79 Å². The van der Waals surface area contributed by atoms with Crippen LogP contribution in [0.5, 0.6) is 0 Å². The van der Waals surface area contributed by atoms with Gasteiger partial charge >= 0.3 is 42.3 Å². The average Bonchev–Trinajstić information content (AvgIpc) is 3.24. The fourth-order valence-corrected chi connectivity index (χ4v) is 5.91. The second-order valence-corrected chi connectivity index (χ2v) is 11.3. The van der Waals surface area contributed by atoms with Gasteiger partial charge in [-0.15, -0.1) is 0 Å². The van der Waals surface area contributed by atoms with Gasteiger partial charge in [0.15, 0.2) is 0 Å². The summed E-state index contributed by atoms with van der Waals surface area (Å²) in [5, 5.41) is 1.72. The lowest BCUT2D eigenvalue weighted by molar-refractivity contribution is -0.399. The van der Waals surface area contributed by atoms with Crippen molar-refractivity contribution in [1.82, 2.24) is 4.90 Å². The van der Waals surface area contributed by atoms with Gasteiger partial charge in [0.2, 0.25) is 0 Å². The number of carbonyl (C=O) groups is 1. The first-order chi connectivity index (χ1) is 20.3. The molecule has 250 valence electrons. The number of benzene rings is 2. The van der Waals surface area contributed by atoms with Crippen LogP contribution < -0.4 is 5.32 Å². The van der Waals surface area contributed by atoms with Gasteiger partial charge in [-0.05, 0) is 48.4 Å². The number of anilines is 1. The van der Waals surface area contributed by atoms with Crippen LogP contribution >= 0.6 is 0 Å². The molecule has 2 aliphatic rings. The Hall–Kier alpha value is -3.34. The molecule has 0 bridgehead atoms. The fraction of sp³-hybridized carbons (Fsp3) is 0.519. The summed E-state index contributed by atoms with van der Waals surface area (Å²) in [5.74, 6) is -20.5. The Kier molecular flexibility index (Phi) is 8.14. The molecule has 4 rings (SSSR count). The van der Waals surface area contributed by atoms with E-state index in [0.29, 0.717) is 11.3 Å². The van der Waals surface area contributed by atoms with Crippen molar-refractivity contribution in [2.24, 2.45) is 5.41 Å². The Morgan fingerprint density at radius 3 is 1.67 bits per heavy atom.